The Hall–Kier alpha value is 0.394. The number of hydrogen-bond donors (Lipinski definition) is 0. The number of hydrogen-bond acceptors (Lipinski definition) is 0. The van der Waals surface area contributed by atoms with Crippen molar-refractivity contribution in [2.75, 3.05) is 13.1 Å². The highest BCUT2D eigenvalue weighted by Crippen LogP contribution is 2.12. The molecular weight excluding hydrogens is 166 g/mol. The van der Waals surface area contributed by atoms with Gasteiger partial charge in [0.1, 0.15) is 0 Å². The smallest absolute Gasteiger partial charge is 0.252 e. The van der Waals surface area contributed by atoms with Crippen LogP contribution in [0.2, 0.25) is 12.1 Å². The highest BCUT2D eigenvalue weighted by Gasteiger charge is 2.26. The van der Waals surface area contributed by atoms with Gasteiger partial charge in [0.15, 0.2) is 0 Å². The van der Waals surface area contributed by atoms with Gasteiger partial charge in [-0.15, -0.1) is 0 Å². The Morgan fingerprint density at radius 3 is 1.45 bits per heavy atom. The van der Waals surface area contributed by atoms with E-state index in [1.54, 1.807) is 0 Å². The van der Waals surface area contributed by atoms with E-state index in [-0.39, 0.29) is 0 Å². The van der Waals surface area contributed by atoms with Gasteiger partial charge in [0, 0.05) is 13.1 Å². The summed E-state index contributed by atoms with van der Waals surface area (Å²) in [6.07, 6.45) is 0. The maximum Gasteiger partial charge on any atom is 0.252 e. The van der Waals surface area contributed by atoms with Gasteiger partial charge >= 0.3 is 0 Å². The van der Waals surface area contributed by atoms with Crippen LogP contribution in [-0.4, -0.2) is 36.3 Å². The first-order chi connectivity index (χ1) is 5.14. The minimum atomic E-state index is -0.423. The minimum Gasteiger partial charge on any atom is -0.455 e. The topological polar surface area (TPSA) is 0 Å². The van der Waals surface area contributed by atoms with E-state index in [0.29, 0.717) is 0 Å². The van der Waals surface area contributed by atoms with E-state index in [9.17, 15) is 0 Å². The third kappa shape index (κ3) is 2.72. The van der Waals surface area contributed by atoms with Crippen LogP contribution >= 0.6 is 0 Å². The maximum atomic E-state index is 2.39. The molecule has 0 unspecified atom stereocenters. The van der Waals surface area contributed by atoms with E-state index >= 15 is 0 Å². The molecule has 0 amide bonds. The number of nitrogens with zero attached hydrogens (tertiary/aromatic N) is 1. The van der Waals surface area contributed by atoms with Crippen molar-refractivity contribution in [3.8, 4) is 0 Å². The molecule has 0 saturated carbocycles. The Kier molecular flexibility index (Phi) is 5.30. The summed E-state index contributed by atoms with van der Waals surface area (Å²) in [7, 11) is 0.949. The summed E-state index contributed by atoms with van der Waals surface area (Å²) in [4.78, 5) is 0. The molecule has 0 aromatic heterocycles. The molecule has 0 N–H and O–H groups in total. The van der Waals surface area contributed by atoms with Crippen molar-refractivity contribution in [2.45, 2.75) is 39.8 Å². The number of quaternary nitrogens is 1. The van der Waals surface area contributed by atoms with Crippen LogP contribution in [0.4, 0.5) is 0 Å². The summed E-state index contributed by atoms with van der Waals surface area (Å²) in [6.45, 7) is 12.3. The van der Waals surface area contributed by atoms with Crippen molar-refractivity contribution in [1.82, 2.24) is 0 Å². The Balaban J connectivity index is 4.19. The van der Waals surface area contributed by atoms with Crippen LogP contribution in [0.3, 0.4) is 0 Å². The minimum absolute atomic E-state index is 0.423. The molecule has 1 nitrogen and oxygen atoms in total. The normalized spacial score (nSPS) is 12.8. The molecule has 0 fully saturated rings. The van der Waals surface area contributed by atoms with Crippen LogP contribution in [0.1, 0.15) is 27.7 Å². The van der Waals surface area contributed by atoms with E-state index in [2.05, 4.69) is 27.7 Å². The summed E-state index contributed by atoms with van der Waals surface area (Å²) in [5, 5.41) is 0. The lowest BCUT2D eigenvalue weighted by molar-refractivity contribution is -0.702. The van der Waals surface area contributed by atoms with E-state index < -0.39 is 8.96 Å². The van der Waals surface area contributed by atoms with Gasteiger partial charge in [-0.1, -0.05) is 13.8 Å². The molecule has 0 saturated heterocycles. The van der Waals surface area contributed by atoms with Crippen LogP contribution in [0, 0.1) is 0 Å². The Bertz CT molecular complexity index is 98.3. The van der Waals surface area contributed by atoms with Gasteiger partial charge in [-0.3, -0.25) is 0 Å². The standard InChI is InChI=1S/C8H24NSi2/c1-5-9(10,6-2)11(7-3)8-4/h11H,5-8H2,1-4,10H3/q+1. The molecule has 0 aliphatic rings. The molecule has 0 spiro atoms. The lowest BCUT2D eigenvalue weighted by Crippen LogP contribution is -2.55. The monoisotopic (exact) mass is 190 g/mol. The third-order valence-corrected chi connectivity index (χ3v) is 11.1. The van der Waals surface area contributed by atoms with E-state index in [1.807, 2.05) is 0 Å². The SMILES string of the molecule is CC[SiH](CC)[N+]([SiH3])(CC)CC. The molecule has 0 heterocycles. The Morgan fingerprint density at radius 2 is 1.36 bits per heavy atom. The van der Waals surface area contributed by atoms with Gasteiger partial charge in [0.05, 0.1) is 0 Å². The van der Waals surface area contributed by atoms with Crippen molar-refractivity contribution in [3.63, 3.8) is 0 Å². The number of rotatable bonds is 5. The van der Waals surface area contributed by atoms with E-state index in [0.717, 1.165) is 0 Å². The van der Waals surface area contributed by atoms with E-state index in [1.165, 1.54) is 39.4 Å². The van der Waals surface area contributed by atoms with Crippen molar-refractivity contribution in [3.05, 3.63) is 0 Å². The molecule has 0 aliphatic heterocycles. The highest BCUT2D eigenvalue weighted by atomic mass is 28.3. The van der Waals surface area contributed by atoms with Gasteiger partial charge in [-0.25, -0.2) is 0 Å². The molecule has 0 aromatic rings. The molecular formula is C8H24NSi2+. The zero-order chi connectivity index (χ0) is 8.91. The van der Waals surface area contributed by atoms with Crippen LogP contribution in [0.25, 0.3) is 0 Å². The largest absolute Gasteiger partial charge is 0.455 e. The van der Waals surface area contributed by atoms with Gasteiger partial charge < -0.3 is 3.81 Å². The zero-order valence-electron chi connectivity index (χ0n) is 8.85. The molecule has 0 rings (SSSR count). The molecule has 0 radical (unpaired) electrons. The second kappa shape index (κ2) is 5.11. The zero-order valence-corrected chi connectivity index (χ0v) is 12.0. The van der Waals surface area contributed by atoms with Crippen molar-refractivity contribution in [1.29, 1.82) is 0 Å². The predicted molar refractivity (Wildman–Crippen MR) is 59.4 cm³/mol. The molecule has 0 atom stereocenters. The van der Waals surface area contributed by atoms with Crippen LogP contribution in [-0.2, 0) is 0 Å². The quantitative estimate of drug-likeness (QED) is 0.565. The fraction of sp³-hybridized carbons (Fsp3) is 1.00. The maximum absolute atomic E-state index is 2.39. The summed E-state index contributed by atoms with van der Waals surface area (Å²) in [5.41, 5.74) is 0. The molecule has 68 valence electrons. The Labute approximate surface area is 76.6 Å². The average molecular weight is 190 g/mol. The van der Waals surface area contributed by atoms with E-state index in [4.69, 9.17) is 0 Å². The van der Waals surface area contributed by atoms with Crippen LogP contribution in [0.15, 0.2) is 0 Å². The summed E-state index contributed by atoms with van der Waals surface area (Å²) in [5.74, 6) is 0. The van der Waals surface area contributed by atoms with Crippen LogP contribution < -0.4 is 0 Å². The van der Waals surface area contributed by atoms with Gasteiger partial charge in [0.25, 0.3) is 8.96 Å². The summed E-state index contributed by atoms with van der Waals surface area (Å²) in [6, 6.07) is 2.98. The fourth-order valence-electron chi connectivity index (χ4n) is 1.91. The summed E-state index contributed by atoms with van der Waals surface area (Å²) < 4.78 is 1.52. The molecule has 0 bridgehead atoms. The lowest BCUT2D eigenvalue weighted by Gasteiger charge is -2.41. The van der Waals surface area contributed by atoms with Gasteiger partial charge in [-0.05, 0) is 25.9 Å². The second-order valence-electron chi connectivity index (χ2n) is 3.58. The first kappa shape index (κ1) is 11.4. The molecule has 0 aliphatic carbocycles. The average Bonchev–Trinajstić information content (AvgIpc) is 2.06. The lowest BCUT2D eigenvalue weighted by atomic mass is 10.7. The molecule has 11 heavy (non-hydrogen) atoms. The fourth-order valence-corrected chi connectivity index (χ4v) is 7.47. The van der Waals surface area contributed by atoms with Crippen molar-refractivity contribution in [2.24, 2.45) is 0 Å². The van der Waals surface area contributed by atoms with Gasteiger partial charge in [-0.2, -0.15) is 0 Å². The predicted octanol–water partition coefficient (Wildman–Crippen LogP) is 0.887. The highest BCUT2D eigenvalue weighted by molar-refractivity contribution is 6.54. The summed E-state index contributed by atoms with van der Waals surface area (Å²) >= 11 is 0. The first-order valence-corrected chi connectivity index (χ1v) is 8.03. The molecule has 0 aromatic carbocycles. The van der Waals surface area contributed by atoms with Gasteiger partial charge in [0.2, 0.25) is 10.4 Å². The third-order valence-electron chi connectivity index (χ3n) is 3.27. The first-order valence-electron chi connectivity index (χ1n) is 4.98. The van der Waals surface area contributed by atoms with Crippen molar-refractivity contribution >= 4 is 19.4 Å². The Morgan fingerprint density at radius 1 is 1.00 bits per heavy atom. The van der Waals surface area contributed by atoms with Crippen LogP contribution in [0.5, 0.6) is 0 Å². The van der Waals surface area contributed by atoms with Crippen molar-refractivity contribution < 1.29 is 3.81 Å². The second-order valence-corrected chi connectivity index (χ2v) is 10.6. The molecule has 3 heteroatoms.